The molecule has 1 heterocycles. The van der Waals surface area contributed by atoms with Crippen LogP contribution in [0.15, 0.2) is 4.63 Å². The highest BCUT2D eigenvalue weighted by molar-refractivity contribution is 5.93. The first-order valence-electron chi connectivity index (χ1n) is 4.95. The Labute approximate surface area is 86.6 Å². The van der Waals surface area contributed by atoms with Crippen LogP contribution < -0.4 is 5.32 Å². The predicted octanol–water partition coefficient (Wildman–Crippen LogP) is 0.191. The van der Waals surface area contributed by atoms with Crippen molar-refractivity contribution in [3.63, 3.8) is 0 Å². The fraction of sp³-hybridized carbons (Fsp3) is 0.667. The quantitative estimate of drug-likeness (QED) is 0.729. The molecule has 0 unspecified atom stereocenters. The summed E-state index contributed by atoms with van der Waals surface area (Å²) in [6, 6.07) is 0. The van der Waals surface area contributed by atoms with E-state index >= 15 is 0 Å². The van der Waals surface area contributed by atoms with Gasteiger partial charge in [-0.3, -0.25) is 4.79 Å². The number of carbonyl (C=O) groups excluding carboxylic acids is 1. The Morgan fingerprint density at radius 1 is 1.47 bits per heavy atom. The molecule has 2 rings (SSSR count). The number of hydrogen-bond acceptors (Lipinski definition) is 5. The monoisotopic (exact) mass is 211 g/mol. The second-order valence-electron chi connectivity index (χ2n) is 3.78. The Morgan fingerprint density at radius 2 is 2.13 bits per heavy atom. The number of rotatable bonds is 2. The normalized spacial score (nSPS) is 19.1. The lowest BCUT2D eigenvalue weighted by molar-refractivity contribution is 0.0354. The summed E-state index contributed by atoms with van der Waals surface area (Å²) in [5, 5.41) is 19.8. The molecule has 0 aliphatic heterocycles. The Morgan fingerprint density at radius 3 is 2.73 bits per heavy atom. The van der Waals surface area contributed by atoms with Gasteiger partial charge in [-0.15, -0.1) is 0 Å². The minimum absolute atomic E-state index is 0.0851. The number of hydrogen-bond donors (Lipinski definition) is 2. The van der Waals surface area contributed by atoms with Crippen LogP contribution in [0.25, 0.3) is 0 Å². The lowest BCUT2D eigenvalue weighted by atomic mass is 9.96. The standard InChI is InChI=1S/C9H13N3O3/c1-10-8(13)6-7(12-15-11-6)9(14)4-2-3-5-9/h14H,2-5H2,1H3,(H,10,13). The summed E-state index contributed by atoms with van der Waals surface area (Å²) in [4.78, 5) is 11.4. The molecule has 0 bridgehead atoms. The molecule has 0 saturated heterocycles. The largest absolute Gasteiger partial charge is 0.383 e. The summed E-state index contributed by atoms with van der Waals surface area (Å²) in [7, 11) is 1.50. The summed E-state index contributed by atoms with van der Waals surface area (Å²) in [5.41, 5.74) is -0.691. The van der Waals surface area contributed by atoms with E-state index in [1.54, 1.807) is 0 Å². The molecule has 1 aliphatic carbocycles. The molecule has 6 nitrogen and oxygen atoms in total. The Hall–Kier alpha value is -1.43. The molecule has 1 aromatic heterocycles. The topological polar surface area (TPSA) is 88.3 Å². The van der Waals surface area contributed by atoms with Gasteiger partial charge in [0.25, 0.3) is 5.91 Å². The van der Waals surface area contributed by atoms with Gasteiger partial charge in [0, 0.05) is 7.05 Å². The molecular formula is C9H13N3O3. The summed E-state index contributed by atoms with van der Waals surface area (Å²) in [6.07, 6.45) is 3.06. The summed E-state index contributed by atoms with van der Waals surface area (Å²) < 4.78 is 4.53. The third-order valence-corrected chi connectivity index (χ3v) is 2.80. The molecule has 1 aliphatic rings. The first-order valence-corrected chi connectivity index (χ1v) is 4.95. The molecule has 1 saturated carbocycles. The van der Waals surface area contributed by atoms with Gasteiger partial charge in [0.2, 0.25) is 0 Å². The molecular weight excluding hydrogens is 198 g/mol. The molecule has 6 heteroatoms. The van der Waals surface area contributed by atoms with E-state index in [4.69, 9.17) is 0 Å². The van der Waals surface area contributed by atoms with Crippen LogP contribution in [0, 0.1) is 0 Å². The summed E-state index contributed by atoms with van der Waals surface area (Å²) in [6.45, 7) is 0. The third-order valence-electron chi connectivity index (χ3n) is 2.80. The molecule has 2 N–H and O–H groups in total. The van der Waals surface area contributed by atoms with Crippen molar-refractivity contribution < 1.29 is 14.5 Å². The van der Waals surface area contributed by atoms with E-state index in [9.17, 15) is 9.90 Å². The van der Waals surface area contributed by atoms with Gasteiger partial charge in [-0.05, 0) is 18.0 Å². The fourth-order valence-corrected chi connectivity index (χ4v) is 1.96. The molecule has 15 heavy (non-hydrogen) atoms. The number of aliphatic hydroxyl groups is 1. The van der Waals surface area contributed by atoms with Gasteiger partial charge >= 0.3 is 0 Å². The molecule has 0 radical (unpaired) electrons. The van der Waals surface area contributed by atoms with E-state index in [1.807, 2.05) is 0 Å². The summed E-state index contributed by atoms with van der Waals surface area (Å²) in [5.74, 6) is -0.383. The van der Waals surface area contributed by atoms with Crippen molar-refractivity contribution in [1.82, 2.24) is 15.6 Å². The van der Waals surface area contributed by atoms with Crippen molar-refractivity contribution >= 4 is 5.91 Å². The first kappa shape index (κ1) is 10.1. The average molecular weight is 211 g/mol. The van der Waals surface area contributed by atoms with E-state index < -0.39 is 5.60 Å². The molecule has 1 fully saturated rings. The lowest BCUT2D eigenvalue weighted by Gasteiger charge is -2.18. The highest BCUT2D eigenvalue weighted by atomic mass is 16.6. The van der Waals surface area contributed by atoms with E-state index in [1.165, 1.54) is 7.05 Å². The van der Waals surface area contributed by atoms with Crippen molar-refractivity contribution in [1.29, 1.82) is 0 Å². The van der Waals surface area contributed by atoms with Crippen molar-refractivity contribution in [3.8, 4) is 0 Å². The third kappa shape index (κ3) is 1.61. The van der Waals surface area contributed by atoms with Crippen LogP contribution in [0.4, 0.5) is 0 Å². The molecule has 1 aromatic rings. The second kappa shape index (κ2) is 3.62. The smallest absolute Gasteiger partial charge is 0.275 e. The second-order valence-corrected chi connectivity index (χ2v) is 3.78. The van der Waals surface area contributed by atoms with Crippen molar-refractivity contribution in [3.05, 3.63) is 11.4 Å². The first-order chi connectivity index (χ1) is 7.17. The molecule has 82 valence electrons. The fourth-order valence-electron chi connectivity index (χ4n) is 1.96. The van der Waals surface area contributed by atoms with Gasteiger partial charge in [-0.25, -0.2) is 4.63 Å². The number of carbonyl (C=O) groups is 1. The Kier molecular flexibility index (Phi) is 2.44. The van der Waals surface area contributed by atoms with Gasteiger partial charge < -0.3 is 10.4 Å². The maximum Gasteiger partial charge on any atom is 0.275 e. The van der Waals surface area contributed by atoms with Gasteiger partial charge in [0.05, 0.1) is 0 Å². The molecule has 1 amide bonds. The minimum atomic E-state index is -1.04. The van der Waals surface area contributed by atoms with Crippen LogP contribution in [-0.4, -0.2) is 28.4 Å². The van der Waals surface area contributed by atoms with Crippen LogP contribution in [-0.2, 0) is 5.60 Å². The zero-order chi connectivity index (χ0) is 10.9. The highest BCUT2D eigenvalue weighted by Gasteiger charge is 2.40. The van der Waals surface area contributed by atoms with E-state index in [2.05, 4.69) is 20.3 Å². The van der Waals surface area contributed by atoms with Gasteiger partial charge in [-0.1, -0.05) is 18.0 Å². The van der Waals surface area contributed by atoms with E-state index in [-0.39, 0.29) is 17.3 Å². The number of aromatic nitrogens is 2. The van der Waals surface area contributed by atoms with Crippen LogP contribution in [0.3, 0.4) is 0 Å². The van der Waals surface area contributed by atoms with Crippen molar-refractivity contribution in [2.24, 2.45) is 0 Å². The summed E-state index contributed by atoms with van der Waals surface area (Å²) >= 11 is 0. The van der Waals surface area contributed by atoms with Crippen LogP contribution in [0.2, 0.25) is 0 Å². The zero-order valence-corrected chi connectivity index (χ0v) is 8.49. The maximum absolute atomic E-state index is 11.4. The van der Waals surface area contributed by atoms with Crippen molar-refractivity contribution in [2.45, 2.75) is 31.3 Å². The van der Waals surface area contributed by atoms with Gasteiger partial charge in [0.1, 0.15) is 11.3 Å². The maximum atomic E-state index is 11.4. The average Bonchev–Trinajstić information content (AvgIpc) is 2.85. The molecule has 0 aromatic carbocycles. The number of nitrogens with zero attached hydrogens (tertiary/aromatic N) is 2. The Balaban J connectivity index is 2.35. The highest BCUT2D eigenvalue weighted by Crippen LogP contribution is 2.38. The number of amides is 1. The van der Waals surface area contributed by atoms with Gasteiger partial charge in [0.15, 0.2) is 5.69 Å². The molecule has 0 spiro atoms. The number of nitrogens with one attached hydrogen (secondary N) is 1. The van der Waals surface area contributed by atoms with Crippen LogP contribution in [0.5, 0.6) is 0 Å². The minimum Gasteiger partial charge on any atom is -0.383 e. The predicted molar refractivity (Wildman–Crippen MR) is 50.1 cm³/mol. The Bertz CT molecular complexity index is 368. The zero-order valence-electron chi connectivity index (χ0n) is 8.49. The lowest BCUT2D eigenvalue weighted by Crippen LogP contribution is -2.28. The SMILES string of the molecule is CNC(=O)c1nonc1C1(O)CCCC1. The van der Waals surface area contributed by atoms with Crippen LogP contribution in [0.1, 0.15) is 41.9 Å². The van der Waals surface area contributed by atoms with Crippen molar-refractivity contribution in [2.75, 3.05) is 7.05 Å². The van der Waals surface area contributed by atoms with E-state index in [0.717, 1.165) is 12.8 Å². The van der Waals surface area contributed by atoms with Crippen LogP contribution >= 0.6 is 0 Å². The molecule has 0 atom stereocenters. The van der Waals surface area contributed by atoms with Gasteiger partial charge in [-0.2, -0.15) is 0 Å². The van der Waals surface area contributed by atoms with E-state index in [0.29, 0.717) is 12.8 Å².